The Morgan fingerprint density at radius 2 is 1.34 bits per heavy atom. The Hall–Kier alpha value is -5.64. The number of esters is 1. The van der Waals surface area contributed by atoms with Crippen molar-refractivity contribution in [3.05, 3.63) is 134 Å². The second-order valence-electron chi connectivity index (χ2n) is 11.2. The highest BCUT2D eigenvalue weighted by molar-refractivity contribution is 6.25. The molecule has 218 valence electrons. The van der Waals surface area contributed by atoms with Crippen LogP contribution in [0.1, 0.15) is 50.0 Å². The first kappa shape index (κ1) is 27.2. The standard InChI is InChI=1S/C34H25N3O7/c1-18-14-15-19(16-26(18)37(42)43)35-27(38)17-44-34(41)24-12-6-7-13-25(24)36-32(39)30-28-20-8-2-3-9-21(20)29(31(30)33(36)40)23-11-5-4-10-22(23)28/h2-16,28-31H,17H2,1H3,(H,35,38)/t28?,29?,30-,31+. The van der Waals surface area contributed by atoms with Crippen LogP contribution in [0.15, 0.2) is 91.0 Å². The summed E-state index contributed by atoms with van der Waals surface area (Å²) in [6, 6.07) is 26.2. The average Bonchev–Trinajstić information content (AvgIpc) is 3.30. The van der Waals surface area contributed by atoms with Gasteiger partial charge >= 0.3 is 5.97 Å². The van der Waals surface area contributed by atoms with Crippen LogP contribution < -0.4 is 10.2 Å². The van der Waals surface area contributed by atoms with Crippen molar-refractivity contribution in [2.24, 2.45) is 11.8 Å². The number of imide groups is 1. The van der Waals surface area contributed by atoms with Gasteiger partial charge < -0.3 is 10.1 Å². The number of nitrogens with zero attached hydrogens (tertiary/aromatic N) is 2. The van der Waals surface area contributed by atoms with Crippen LogP contribution in [0.5, 0.6) is 0 Å². The number of nitro benzene ring substituents is 1. The van der Waals surface area contributed by atoms with Gasteiger partial charge in [-0.2, -0.15) is 0 Å². The number of aryl methyl sites for hydroxylation is 1. The minimum atomic E-state index is -0.893. The van der Waals surface area contributed by atoms with E-state index < -0.39 is 35.2 Å². The summed E-state index contributed by atoms with van der Waals surface area (Å²) in [6.07, 6.45) is 0. The number of nitro groups is 1. The van der Waals surface area contributed by atoms with Crippen molar-refractivity contribution in [3.63, 3.8) is 0 Å². The van der Waals surface area contributed by atoms with E-state index in [1.165, 1.54) is 30.3 Å². The Labute approximate surface area is 251 Å². The number of rotatable bonds is 6. The molecule has 44 heavy (non-hydrogen) atoms. The molecular weight excluding hydrogens is 562 g/mol. The van der Waals surface area contributed by atoms with Crippen LogP contribution in [-0.2, 0) is 19.1 Å². The highest BCUT2D eigenvalue weighted by atomic mass is 16.6. The molecule has 1 heterocycles. The van der Waals surface area contributed by atoms with E-state index in [0.29, 0.717) is 5.56 Å². The number of anilines is 2. The summed E-state index contributed by atoms with van der Waals surface area (Å²) in [4.78, 5) is 65.9. The number of carbonyl (C=O) groups is 4. The van der Waals surface area contributed by atoms with Gasteiger partial charge in [0.1, 0.15) is 0 Å². The fourth-order valence-corrected chi connectivity index (χ4v) is 7.05. The number of ether oxygens (including phenoxy) is 1. The molecule has 3 aliphatic carbocycles. The highest BCUT2D eigenvalue weighted by Crippen LogP contribution is 2.61. The Morgan fingerprint density at radius 1 is 0.818 bits per heavy atom. The van der Waals surface area contributed by atoms with Gasteiger partial charge in [0, 0.05) is 29.2 Å². The van der Waals surface area contributed by atoms with Crippen molar-refractivity contribution in [2.45, 2.75) is 18.8 Å². The van der Waals surface area contributed by atoms with Crippen LogP contribution in [0, 0.1) is 28.9 Å². The van der Waals surface area contributed by atoms with Crippen LogP contribution in [-0.4, -0.2) is 35.2 Å². The van der Waals surface area contributed by atoms with E-state index in [0.717, 1.165) is 27.2 Å². The number of nitrogens with one attached hydrogen (secondary N) is 1. The smallest absolute Gasteiger partial charge is 0.340 e. The molecule has 1 fully saturated rings. The van der Waals surface area contributed by atoms with Gasteiger partial charge in [-0.05, 0) is 47.4 Å². The summed E-state index contributed by atoms with van der Waals surface area (Å²) in [5, 5.41) is 13.7. The maximum Gasteiger partial charge on any atom is 0.340 e. The van der Waals surface area contributed by atoms with Crippen LogP contribution in [0.3, 0.4) is 0 Å². The second kappa shape index (κ2) is 10.3. The fourth-order valence-electron chi connectivity index (χ4n) is 7.05. The maximum atomic E-state index is 14.1. The molecule has 0 unspecified atom stereocenters. The average molecular weight is 588 g/mol. The third kappa shape index (κ3) is 4.10. The summed E-state index contributed by atoms with van der Waals surface area (Å²) in [7, 11) is 0. The number of hydrogen-bond acceptors (Lipinski definition) is 7. The molecule has 2 bridgehead atoms. The molecule has 1 aliphatic heterocycles. The number of hydrogen-bond donors (Lipinski definition) is 1. The molecule has 0 spiro atoms. The Morgan fingerprint density at radius 3 is 1.89 bits per heavy atom. The zero-order valence-electron chi connectivity index (χ0n) is 23.4. The zero-order chi connectivity index (χ0) is 30.7. The van der Waals surface area contributed by atoms with Gasteiger partial charge in [0.2, 0.25) is 11.8 Å². The van der Waals surface area contributed by atoms with E-state index in [1.807, 2.05) is 48.5 Å². The Kier molecular flexibility index (Phi) is 6.35. The van der Waals surface area contributed by atoms with E-state index in [9.17, 15) is 29.3 Å². The number of para-hydroxylation sites is 1. The molecule has 8 rings (SSSR count). The van der Waals surface area contributed by atoms with Gasteiger partial charge in [-0.3, -0.25) is 24.5 Å². The molecule has 1 N–H and O–H groups in total. The molecule has 0 radical (unpaired) electrons. The SMILES string of the molecule is Cc1ccc(NC(=O)COC(=O)c2ccccc2N2C(=O)[C@@H]3C4c5ccccc5C(c5ccccc54)[C@@H]3C2=O)cc1[N+](=O)[O-]. The minimum Gasteiger partial charge on any atom is -0.452 e. The normalized spacial score (nSPS) is 20.9. The molecule has 4 aromatic carbocycles. The third-order valence-electron chi connectivity index (χ3n) is 8.84. The van der Waals surface area contributed by atoms with E-state index >= 15 is 0 Å². The van der Waals surface area contributed by atoms with Crippen LogP contribution in [0.25, 0.3) is 0 Å². The third-order valence-corrected chi connectivity index (χ3v) is 8.84. The van der Waals surface area contributed by atoms with Crippen molar-refractivity contribution < 1.29 is 28.8 Å². The summed E-state index contributed by atoms with van der Waals surface area (Å²) >= 11 is 0. The highest BCUT2D eigenvalue weighted by Gasteiger charge is 2.62. The first-order valence-electron chi connectivity index (χ1n) is 14.1. The lowest BCUT2D eigenvalue weighted by Gasteiger charge is -2.45. The first-order chi connectivity index (χ1) is 21.3. The first-order valence-corrected chi connectivity index (χ1v) is 14.1. The minimum absolute atomic E-state index is 0.0333. The number of amides is 3. The van der Waals surface area contributed by atoms with Crippen molar-refractivity contribution in [1.29, 1.82) is 0 Å². The Balaban J connectivity index is 1.15. The summed E-state index contributed by atoms with van der Waals surface area (Å²) < 4.78 is 5.27. The molecule has 4 aromatic rings. The van der Waals surface area contributed by atoms with Crippen molar-refractivity contribution in [1.82, 2.24) is 0 Å². The van der Waals surface area contributed by atoms with E-state index in [4.69, 9.17) is 4.74 Å². The molecule has 2 atom stereocenters. The number of benzene rings is 4. The molecule has 10 heteroatoms. The predicted molar refractivity (Wildman–Crippen MR) is 159 cm³/mol. The summed E-state index contributed by atoms with van der Waals surface area (Å²) in [6.45, 7) is 0.896. The van der Waals surface area contributed by atoms with Crippen molar-refractivity contribution >= 4 is 40.8 Å². The number of carbonyl (C=O) groups excluding carboxylic acids is 4. The van der Waals surface area contributed by atoms with Crippen LogP contribution >= 0.6 is 0 Å². The fraction of sp³-hybridized carbons (Fsp3) is 0.176. The van der Waals surface area contributed by atoms with Gasteiger partial charge in [-0.1, -0.05) is 66.7 Å². The second-order valence-corrected chi connectivity index (χ2v) is 11.2. The Bertz CT molecular complexity index is 1800. The predicted octanol–water partition coefficient (Wildman–Crippen LogP) is 5.10. The largest absolute Gasteiger partial charge is 0.452 e. The van der Waals surface area contributed by atoms with E-state index in [2.05, 4.69) is 5.32 Å². The summed E-state index contributed by atoms with van der Waals surface area (Å²) in [5.41, 5.74) is 4.68. The quantitative estimate of drug-likeness (QED) is 0.144. The molecule has 0 aromatic heterocycles. The molecule has 1 saturated heterocycles. The lowest BCUT2D eigenvalue weighted by Crippen LogP contribution is -2.41. The van der Waals surface area contributed by atoms with Gasteiger partial charge in [0.05, 0.1) is 28.0 Å². The molecule has 10 nitrogen and oxygen atoms in total. The monoisotopic (exact) mass is 587 g/mol. The summed E-state index contributed by atoms with van der Waals surface area (Å²) in [5.74, 6) is -4.18. The van der Waals surface area contributed by atoms with Crippen molar-refractivity contribution in [3.8, 4) is 0 Å². The van der Waals surface area contributed by atoms with Gasteiger partial charge in [0.25, 0.3) is 11.6 Å². The molecule has 3 amide bonds. The maximum absolute atomic E-state index is 14.1. The topological polar surface area (TPSA) is 136 Å². The van der Waals surface area contributed by atoms with Crippen LogP contribution in [0.2, 0.25) is 0 Å². The molecule has 4 aliphatic rings. The van der Waals surface area contributed by atoms with Gasteiger partial charge in [-0.25, -0.2) is 9.69 Å². The lowest BCUT2D eigenvalue weighted by molar-refractivity contribution is -0.385. The van der Waals surface area contributed by atoms with Gasteiger partial charge in [-0.15, -0.1) is 0 Å². The lowest BCUT2D eigenvalue weighted by atomic mass is 9.55. The molecular formula is C34H25N3O7. The van der Waals surface area contributed by atoms with Crippen molar-refractivity contribution in [2.75, 3.05) is 16.8 Å². The van der Waals surface area contributed by atoms with E-state index in [1.54, 1.807) is 19.1 Å². The van der Waals surface area contributed by atoms with Crippen LogP contribution in [0.4, 0.5) is 17.1 Å². The zero-order valence-corrected chi connectivity index (χ0v) is 23.4. The van der Waals surface area contributed by atoms with Gasteiger partial charge in [0.15, 0.2) is 6.61 Å². The molecule has 0 saturated carbocycles. The van der Waals surface area contributed by atoms with E-state index in [-0.39, 0.29) is 46.3 Å².